The van der Waals surface area contributed by atoms with E-state index in [1.165, 1.54) is 4.90 Å². The van der Waals surface area contributed by atoms with Gasteiger partial charge in [0.15, 0.2) is 5.79 Å². The Bertz CT molecular complexity index is 366. The number of hydrogen-bond donors (Lipinski definition) is 0. The molecule has 0 saturated carbocycles. The van der Waals surface area contributed by atoms with E-state index >= 15 is 0 Å². The molecule has 0 aliphatic carbocycles. The molecule has 7 heteroatoms. The molecule has 1 amide bonds. The second-order valence-electron chi connectivity index (χ2n) is 4.72. The Morgan fingerprint density at radius 1 is 1.20 bits per heavy atom. The summed E-state index contributed by atoms with van der Waals surface area (Å²) in [5.41, 5.74) is 0. The van der Waals surface area contributed by atoms with Crippen molar-refractivity contribution < 1.29 is 28.5 Å². The fraction of sp³-hybridized carbons (Fsp3) is 0.846. The minimum atomic E-state index is -1.09. The highest BCUT2D eigenvalue weighted by Crippen LogP contribution is 2.36. The van der Waals surface area contributed by atoms with Crippen LogP contribution in [0.4, 0.5) is 4.79 Å². The molecule has 20 heavy (non-hydrogen) atoms. The molecule has 0 radical (unpaired) electrons. The summed E-state index contributed by atoms with van der Waals surface area (Å²) in [6.45, 7) is 5.57. The first-order chi connectivity index (χ1) is 9.63. The molecular weight excluding hydrogens is 266 g/mol. The van der Waals surface area contributed by atoms with Gasteiger partial charge >= 0.3 is 12.1 Å². The summed E-state index contributed by atoms with van der Waals surface area (Å²) in [6.07, 6.45) is 0.0331. The second kappa shape index (κ2) is 6.41. The van der Waals surface area contributed by atoms with Gasteiger partial charge in [-0.15, -0.1) is 0 Å². The molecule has 2 rings (SSSR count). The van der Waals surface area contributed by atoms with Gasteiger partial charge in [0.05, 0.1) is 33.0 Å². The number of rotatable bonds is 3. The van der Waals surface area contributed by atoms with Gasteiger partial charge in [0.2, 0.25) is 0 Å². The standard InChI is InChI=1S/C13H21NO6/c1-3-17-11(15)10-5-6-14(12(16)18-4-2)9-13(10)19-7-8-20-13/h10H,3-9H2,1-2H3/t10-/m0/s1. The number of ether oxygens (including phenoxy) is 4. The van der Waals surface area contributed by atoms with Gasteiger partial charge in [0.1, 0.15) is 5.92 Å². The van der Waals surface area contributed by atoms with Crippen molar-refractivity contribution in [1.29, 1.82) is 0 Å². The lowest BCUT2D eigenvalue weighted by Gasteiger charge is -2.42. The van der Waals surface area contributed by atoms with Gasteiger partial charge in [-0.3, -0.25) is 4.79 Å². The normalized spacial score (nSPS) is 24.7. The van der Waals surface area contributed by atoms with E-state index in [4.69, 9.17) is 18.9 Å². The molecule has 0 aromatic rings. The first-order valence-electron chi connectivity index (χ1n) is 6.99. The third kappa shape index (κ3) is 2.88. The molecule has 0 N–H and O–H groups in total. The van der Waals surface area contributed by atoms with Gasteiger partial charge in [-0.1, -0.05) is 0 Å². The molecule has 2 fully saturated rings. The van der Waals surface area contributed by atoms with E-state index in [2.05, 4.69) is 0 Å². The Morgan fingerprint density at radius 2 is 1.85 bits per heavy atom. The van der Waals surface area contributed by atoms with Crippen LogP contribution in [0.15, 0.2) is 0 Å². The Balaban J connectivity index is 2.10. The van der Waals surface area contributed by atoms with Crippen LogP contribution in [0.3, 0.4) is 0 Å². The van der Waals surface area contributed by atoms with E-state index < -0.39 is 17.8 Å². The molecule has 2 heterocycles. The van der Waals surface area contributed by atoms with Crippen LogP contribution >= 0.6 is 0 Å². The third-order valence-corrected chi connectivity index (χ3v) is 3.50. The van der Waals surface area contributed by atoms with E-state index in [0.717, 1.165) is 0 Å². The number of piperidine rings is 1. The summed E-state index contributed by atoms with van der Waals surface area (Å²) in [7, 11) is 0. The van der Waals surface area contributed by atoms with Crippen LogP contribution < -0.4 is 0 Å². The third-order valence-electron chi connectivity index (χ3n) is 3.50. The molecule has 2 saturated heterocycles. The van der Waals surface area contributed by atoms with E-state index in [1.807, 2.05) is 0 Å². The zero-order chi connectivity index (χ0) is 14.6. The van der Waals surface area contributed by atoms with E-state index in [1.54, 1.807) is 13.8 Å². The average Bonchev–Trinajstić information content (AvgIpc) is 2.87. The molecule has 0 unspecified atom stereocenters. The number of nitrogens with zero attached hydrogens (tertiary/aromatic N) is 1. The Hall–Kier alpha value is -1.34. The van der Waals surface area contributed by atoms with Crippen molar-refractivity contribution in [2.75, 3.05) is 39.5 Å². The molecule has 1 atom stereocenters. The molecule has 0 aromatic carbocycles. The number of likely N-dealkylation sites (tertiary alicyclic amines) is 1. The van der Waals surface area contributed by atoms with E-state index in [-0.39, 0.29) is 12.5 Å². The van der Waals surface area contributed by atoms with Crippen LogP contribution in [-0.4, -0.2) is 62.3 Å². The molecule has 2 aliphatic heterocycles. The first-order valence-corrected chi connectivity index (χ1v) is 6.99. The van der Waals surface area contributed by atoms with Crippen LogP contribution in [0.2, 0.25) is 0 Å². The van der Waals surface area contributed by atoms with Gasteiger partial charge in [0, 0.05) is 6.54 Å². The highest BCUT2D eigenvalue weighted by molar-refractivity contribution is 5.75. The zero-order valence-electron chi connectivity index (χ0n) is 11.9. The summed E-state index contributed by atoms with van der Waals surface area (Å²) < 4.78 is 21.4. The van der Waals surface area contributed by atoms with Crippen molar-refractivity contribution in [3.8, 4) is 0 Å². The Morgan fingerprint density at radius 3 is 2.45 bits per heavy atom. The summed E-state index contributed by atoms with van der Waals surface area (Å²) in [5, 5.41) is 0. The summed E-state index contributed by atoms with van der Waals surface area (Å²) in [4.78, 5) is 25.4. The van der Waals surface area contributed by atoms with Crippen LogP contribution in [0.1, 0.15) is 20.3 Å². The number of carbonyl (C=O) groups excluding carboxylic acids is 2. The van der Waals surface area contributed by atoms with Crippen molar-refractivity contribution >= 4 is 12.1 Å². The molecule has 114 valence electrons. The van der Waals surface area contributed by atoms with Gasteiger partial charge < -0.3 is 23.8 Å². The lowest BCUT2D eigenvalue weighted by Crippen LogP contribution is -2.58. The number of hydrogen-bond acceptors (Lipinski definition) is 6. The summed E-state index contributed by atoms with van der Waals surface area (Å²) in [5.74, 6) is -1.93. The average molecular weight is 287 g/mol. The number of esters is 1. The van der Waals surface area contributed by atoms with Crippen molar-refractivity contribution in [1.82, 2.24) is 4.90 Å². The predicted molar refractivity (Wildman–Crippen MR) is 68.0 cm³/mol. The van der Waals surface area contributed by atoms with Gasteiger partial charge in [-0.05, 0) is 20.3 Å². The minimum absolute atomic E-state index is 0.190. The molecule has 1 spiro atoms. The number of amides is 1. The topological polar surface area (TPSA) is 74.3 Å². The maximum absolute atomic E-state index is 12.0. The maximum Gasteiger partial charge on any atom is 0.409 e. The Labute approximate surface area is 118 Å². The number of carbonyl (C=O) groups is 2. The SMILES string of the molecule is CCOC(=O)[C@@H]1CCN(C(=O)OCC)CC12OCCO2. The van der Waals surface area contributed by atoms with Crippen LogP contribution in [-0.2, 0) is 23.7 Å². The van der Waals surface area contributed by atoms with Gasteiger partial charge in [-0.2, -0.15) is 0 Å². The minimum Gasteiger partial charge on any atom is -0.466 e. The quantitative estimate of drug-likeness (QED) is 0.714. The van der Waals surface area contributed by atoms with Crippen LogP contribution in [0, 0.1) is 5.92 Å². The molecule has 0 aromatic heterocycles. The largest absolute Gasteiger partial charge is 0.466 e. The lowest BCUT2D eigenvalue weighted by atomic mass is 9.90. The van der Waals surface area contributed by atoms with Gasteiger partial charge in [0.25, 0.3) is 0 Å². The van der Waals surface area contributed by atoms with E-state index in [0.29, 0.717) is 39.4 Å². The molecular formula is C13H21NO6. The summed E-state index contributed by atoms with van der Waals surface area (Å²) in [6, 6.07) is 0. The fourth-order valence-electron chi connectivity index (χ4n) is 2.63. The molecule has 0 bridgehead atoms. The lowest BCUT2D eigenvalue weighted by molar-refractivity contribution is -0.227. The van der Waals surface area contributed by atoms with Crippen molar-refractivity contribution in [3.63, 3.8) is 0 Å². The van der Waals surface area contributed by atoms with Gasteiger partial charge in [-0.25, -0.2) is 4.79 Å². The fourth-order valence-corrected chi connectivity index (χ4v) is 2.63. The monoisotopic (exact) mass is 287 g/mol. The second-order valence-corrected chi connectivity index (χ2v) is 4.72. The van der Waals surface area contributed by atoms with Crippen molar-refractivity contribution in [2.45, 2.75) is 26.1 Å². The maximum atomic E-state index is 12.0. The molecule has 2 aliphatic rings. The smallest absolute Gasteiger partial charge is 0.409 e. The van der Waals surface area contributed by atoms with E-state index in [9.17, 15) is 9.59 Å². The molecule has 7 nitrogen and oxygen atoms in total. The predicted octanol–water partition coefficient (Wildman–Crippen LogP) is 0.771. The van der Waals surface area contributed by atoms with Crippen molar-refractivity contribution in [2.24, 2.45) is 5.92 Å². The summed E-state index contributed by atoms with van der Waals surface area (Å²) >= 11 is 0. The Kier molecular flexibility index (Phi) is 4.82. The van der Waals surface area contributed by atoms with Crippen molar-refractivity contribution in [3.05, 3.63) is 0 Å². The van der Waals surface area contributed by atoms with Crippen LogP contribution in [0.25, 0.3) is 0 Å². The highest BCUT2D eigenvalue weighted by atomic mass is 16.7. The highest BCUT2D eigenvalue weighted by Gasteiger charge is 2.53. The first kappa shape index (κ1) is 15.1. The van der Waals surface area contributed by atoms with Crippen LogP contribution in [0.5, 0.6) is 0 Å². The zero-order valence-corrected chi connectivity index (χ0v) is 11.9.